The van der Waals surface area contributed by atoms with Crippen LogP contribution in [-0.2, 0) is 9.53 Å². The van der Waals surface area contributed by atoms with Gasteiger partial charge < -0.3 is 18.9 Å². The van der Waals surface area contributed by atoms with E-state index in [4.69, 9.17) is 30.4 Å². The van der Waals surface area contributed by atoms with E-state index in [-0.39, 0.29) is 31.1 Å². The van der Waals surface area contributed by atoms with E-state index in [1.54, 1.807) is 41.8 Å². The van der Waals surface area contributed by atoms with Gasteiger partial charge in [-0.3, -0.25) is 9.36 Å². The van der Waals surface area contributed by atoms with Crippen LogP contribution in [0.3, 0.4) is 0 Å². The molecule has 0 fully saturated rings. The molecule has 0 radical (unpaired) electrons. The summed E-state index contributed by atoms with van der Waals surface area (Å²) in [5, 5.41) is 0. The third kappa shape index (κ3) is 5.01. The van der Waals surface area contributed by atoms with Crippen molar-refractivity contribution in [2.24, 2.45) is 4.99 Å². The highest BCUT2D eigenvalue weighted by Gasteiger charge is 2.36. The standard InChI is InChI=1S/C32H24N2O6S/c1-3-16-38-23-13-10-20(11-14-23)17-26-30(35)34-29(22-12-15-24-25(18-22)40-19-39-24)27(31(36)37-4-2)28(33-32(34)41-26)21-8-6-5-7-9-21/h1,5-15,17-18,29H,4,16,19H2,2H3/b26-17-/t29-/m1/s1. The van der Waals surface area contributed by atoms with Crippen LogP contribution in [0.1, 0.15) is 29.7 Å². The van der Waals surface area contributed by atoms with E-state index in [1.807, 2.05) is 48.5 Å². The lowest BCUT2D eigenvalue weighted by Crippen LogP contribution is -2.40. The fraction of sp³-hybridized carbons (Fsp3) is 0.156. The Morgan fingerprint density at radius 3 is 2.66 bits per heavy atom. The molecule has 0 saturated carbocycles. The molecule has 4 aromatic rings. The number of ether oxygens (including phenoxy) is 4. The lowest BCUT2D eigenvalue weighted by Gasteiger charge is -2.26. The van der Waals surface area contributed by atoms with Gasteiger partial charge in [0.2, 0.25) is 6.79 Å². The molecule has 3 heterocycles. The molecular weight excluding hydrogens is 540 g/mol. The Kier molecular flexibility index (Phi) is 7.15. The van der Waals surface area contributed by atoms with Crippen molar-refractivity contribution in [2.75, 3.05) is 20.0 Å². The predicted molar refractivity (Wildman–Crippen MR) is 154 cm³/mol. The van der Waals surface area contributed by atoms with Crippen LogP contribution in [-0.4, -0.2) is 30.5 Å². The number of carbonyl (C=O) groups is 1. The molecule has 1 aromatic heterocycles. The van der Waals surface area contributed by atoms with Gasteiger partial charge in [-0.15, -0.1) is 6.42 Å². The molecule has 2 aliphatic heterocycles. The first-order valence-corrected chi connectivity index (χ1v) is 13.7. The molecule has 0 aliphatic carbocycles. The van der Waals surface area contributed by atoms with Gasteiger partial charge in [0.25, 0.3) is 5.56 Å². The second kappa shape index (κ2) is 11.2. The molecule has 0 amide bonds. The van der Waals surface area contributed by atoms with Crippen molar-refractivity contribution in [3.05, 3.63) is 115 Å². The van der Waals surface area contributed by atoms with E-state index in [1.165, 1.54) is 11.3 Å². The first kappa shape index (κ1) is 26.2. The van der Waals surface area contributed by atoms with Gasteiger partial charge in [-0.1, -0.05) is 65.8 Å². The van der Waals surface area contributed by atoms with Crippen LogP contribution >= 0.6 is 11.3 Å². The van der Waals surface area contributed by atoms with Crippen molar-refractivity contribution >= 4 is 29.1 Å². The number of esters is 1. The Balaban J connectivity index is 1.57. The average Bonchev–Trinajstić information content (AvgIpc) is 3.60. The van der Waals surface area contributed by atoms with Gasteiger partial charge in [-0.2, -0.15) is 0 Å². The summed E-state index contributed by atoms with van der Waals surface area (Å²) in [5.41, 5.74) is 2.65. The maximum Gasteiger partial charge on any atom is 0.338 e. The summed E-state index contributed by atoms with van der Waals surface area (Å²) >= 11 is 1.25. The Morgan fingerprint density at radius 1 is 1.12 bits per heavy atom. The Labute approximate surface area is 239 Å². The molecule has 0 saturated heterocycles. The van der Waals surface area contributed by atoms with Crippen molar-refractivity contribution in [3.8, 4) is 29.6 Å². The summed E-state index contributed by atoms with van der Waals surface area (Å²) in [6.07, 6.45) is 7.07. The lowest BCUT2D eigenvalue weighted by atomic mass is 9.93. The molecule has 2 aliphatic rings. The summed E-state index contributed by atoms with van der Waals surface area (Å²) < 4.78 is 24.1. The van der Waals surface area contributed by atoms with E-state index in [0.717, 1.165) is 11.1 Å². The van der Waals surface area contributed by atoms with E-state index >= 15 is 0 Å². The maximum absolute atomic E-state index is 14.0. The minimum absolute atomic E-state index is 0.101. The number of terminal acetylenes is 1. The van der Waals surface area contributed by atoms with E-state index in [2.05, 4.69) is 5.92 Å². The average molecular weight is 565 g/mol. The van der Waals surface area contributed by atoms with Crippen LogP contribution in [0.5, 0.6) is 17.2 Å². The highest BCUT2D eigenvalue weighted by Crippen LogP contribution is 2.40. The highest BCUT2D eigenvalue weighted by molar-refractivity contribution is 7.07. The minimum Gasteiger partial charge on any atom is -0.481 e. The van der Waals surface area contributed by atoms with E-state index in [0.29, 0.717) is 37.8 Å². The summed E-state index contributed by atoms with van der Waals surface area (Å²) in [7, 11) is 0. The SMILES string of the molecule is C#CCOc1ccc(/C=c2\sc3n(c2=O)[C@H](c2ccc4c(c2)OCO4)C(C(=O)OCC)=C(c2ccccc2)N=3)cc1. The highest BCUT2D eigenvalue weighted by atomic mass is 32.1. The van der Waals surface area contributed by atoms with E-state index in [9.17, 15) is 9.59 Å². The fourth-order valence-electron chi connectivity index (χ4n) is 4.78. The molecule has 6 rings (SSSR count). The number of hydrogen-bond acceptors (Lipinski definition) is 8. The molecule has 41 heavy (non-hydrogen) atoms. The molecule has 1 atom stereocenters. The van der Waals surface area contributed by atoms with Crippen LogP contribution in [0, 0.1) is 12.3 Å². The molecule has 0 N–H and O–H groups in total. The quantitative estimate of drug-likeness (QED) is 0.252. The van der Waals surface area contributed by atoms with E-state index < -0.39 is 12.0 Å². The number of hydrogen-bond donors (Lipinski definition) is 0. The third-order valence-corrected chi connectivity index (χ3v) is 7.57. The third-order valence-electron chi connectivity index (χ3n) is 6.59. The Bertz CT molecular complexity index is 1880. The number of aromatic nitrogens is 1. The summed E-state index contributed by atoms with van der Waals surface area (Å²) in [6, 6.07) is 21.3. The molecule has 3 aromatic carbocycles. The van der Waals surface area contributed by atoms with Crippen molar-refractivity contribution in [2.45, 2.75) is 13.0 Å². The van der Waals surface area contributed by atoms with Gasteiger partial charge in [0, 0.05) is 5.56 Å². The second-order valence-corrected chi connectivity index (χ2v) is 10.1. The molecule has 9 heteroatoms. The first-order valence-electron chi connectivity index (χ1n) is 12.9. The Hall–Kier alpha value is -5.07. The zero-order chi connectivity index (χ0) is 28.3. The largest absolute Gasteiger partial charge is 0.481 e. The molecule has 0 unspecified atom stereocenters. The van der Waals surface area contributed by atoms with Crippen molar-refractivity contribution in [1.82, 2.24) is 4.57 Å². The Morgan fingerprint density at radius 2 is 1.90 bits per heavy atom. The number of nitrogens with zero attached hydrogens (tertiary/aromatic N) is 2. The van der Waals surface area contributed by atoms with Crippen molar-refractivity contribution in [3.63, 3.8) is 0 Å². The number of benzene rings is 3. The fourth-order valence-corrected chi connectivity index (χ4v) is 5.78. The van der Waals surface area contributed by atoms with Crippen LogP contribution < -0.4 is 29.1 Å². The number of rotatable bonds is 7. The van der Waals surface area contributed by atoms with Gasteiger partial charge >= 0.3 is 5.97 Å². The molecule has 204 valence electrons. The monoisotopic (exact) mass is 564 g/mol. The smallest absolute Gasteiger partial charge is 0.338 e. The minimum atomic E-state index is -0.809. The van der Waals surface area contributed by atoms with Crippen molar-refractivity contribution in [1.29, 1.82) is 0 Å². The van der Waals surface area contributed by atoms with Gasteiger partial charge in [-0.05, 0) is 48.4 Å². The summed E-state index contributed by atoms with van der Waals surface area (Å²) in [4.78, 5) is 32.9. The number of carbonyl (C=O) groups excluding carboxylic acids is 1. The van der Waals surface area contributed by atoms with Gasteiger partial charge in [0.1, 0.15) is 12.4 Å². The van der Waals surface area contributed by atoms with Gasteiger partial charge in [0.15, 0.2) is 16.3 Å². The number of thiazole rings is 1. The summed E-state index contributed by atoms with van der Waals surface area (Å²) in [5.74, 6) is 3.66. The second-order valence-electron chi connectivity index (χ2n) is 9.11. The molecule has 8 nitrogen and oxygen atoms in total. The maximum atomic E-state index is 14.0. The number of fused-ring (bicyclic) bond motifs is 2. The summed E-state index contributed by atoms with van der Waals surface area (Å²) in [6.45, 7) is 2.19. The normalized spacial score (nSPS) is 15.6. The predicted octanol–water partition coefficient (Wildman–Crippen LogP) is 3.68. The molecular formula is C32H24N2O6S. The molecule has 0 bridgehead atoms. The lowest BCUT2D eigenvalue weighted by molar-refractivity contribution is -0.138. The van der Waals surface area contributed by atoms with Crippen LogP contribution in [0.25, 0.3) is 11.8 Å². The first-order chi connectivity index (χ1) is 20.1. The topological polar surface area (TPSA) is 88.3 Å². The zero-order valence-electron chi connectivity index (χ0n) is 22.0. The zero-order valence-corrected chi connectivity index (χ0v) is 22.9. The molecule has 0 spiro atoms. The van der Waals surface area contributed by atoms with Crippen LogP contribution in [0.4, 0.5) is 0 Å². The van der Waals surface area contributed by atoms with Gasteiger partial charge in [-0.25, -0.2) is 9.79 Å². The van der Waals surface area contributed by atoms with Crippen LogP contribution in [0.15, 0.2) is 88.2 Å². The van der Waals surface area contributed by atoms with Crippen molar-refractivity contribution < 1.29 is 23.7 Å². The van der Waals surface area contributed by atoms with Crippen LogP contribution in [0.2, 0.25) is 0 Å². The van der Waals surface area contributed by atoms with Gasteiger partial charge in [0.05, 0.1) is 28.5 Å².